The largest absolute Gasteiger partial charge is 0.480 e. The lowest BCUT2D eigenvalue weighted by molar-refractivity contribution is -0.137. The number of carbonyl (C=O) groups excluding carboxylic acids is 1. The van der Waals surface area contributed by atoms with Crippen LogP contribution in [0.25, 0.3) is 10.9 Å². The van der Waals surface area contributed by atoms with Crippen LogP contribution in [0, 0.1) is 5.82 Å². The number of fused-ring (bicyclic) bond motifs is 3. The van der Waals surface area contributed by atoms with Crippen LogP contribution in [0.1, 0.15) is 22.5 Å². The van der Waals surface area contributed by atoms with E-state index in [4.69, 9.17) is 5.11 Å². The van der Waals surface area contributed by atoms with Gasteiger partial charge in [0.15, 0.2) is 0 Å². The molecule has 110 valence electrons. The molecule has 0 atom stereocenters. The van der Waals surface area contributed by atoms with Crippen molar-refractivity contribution in [3.05, 3.63) is 35.3 Å². The fraction of sp³-hybridized carbons (Fsp3) is 0.333. The fourth-order valence-corrected chi connectivity index (χ4v) is 2.97. The van der Waals surface area contributed by atoms with Crippen molar-refractivity contribution in [2.24, 2.45) is 0 Å². The summed E-state index contributed by atoms with van der Waals surface area (Å²) in [6.45, 7) is 0.300. The van der Waals surface area contributed by atoms with Gasteiger partial charge in [-0.3, -0.25) is 9.59 Å². The summed E-state index contributed by atoms with van der Waals surface area (Å²) in [7, 11) is 1.70. The molecule has 0 radical (unpaired) electrons. The van der Waals surface area contributed by atoms with Crippen molar-refractivity contribution in [2.75, 3.05) is 13.6 Å². The minimum Gasteiger partial charge on any atom is -0.480 e. The molecule has 0 saturated carbocycles. The molecule has 1 aliphatic heterocycles. The maximum absolute atomic E-state index is 13.5. The Hall–Kier alpha value is -2.37. The number of hydrogen-bond donors (Lipinski definition) is 1. The molecule has 5 nitrogen and oxygen atoms in total. The standard InChI is InChI=1S/C15H15FN2O3/c1-17-6-2-3-10-11-7-9(16)4-5-12(11)18(8-13(19)20)14(10)15(17)21/h4-5,7H,2-3,6,8H2,1H3,(H,19,20). The number of aliphatic carboxylic acids is 1. The first kappa shape index (κ1) is 13.6. The Kier molecular flexibility index (Phi) is 3.16. The Morgan fingerprint density at radius 3 is 2.90 bits per heavy atom. The molecule has 1 aromatic heterocycles. The average molecular weight is 290 g/mol. The lowest BCUT2D eigenvalue weighted by atomic mass is 10.1. The van der Waals surface area contributed by atoms with Gasteiger partial charge in [-0.15, -0.1) is 0 Å². The summed E-state index contributed by atoms with van der Waals surface area (Å²) in [5.41, 5.74) is 1.71. The van der Waals surface area contributed by atoms with Crippen LogP contribution < -0.4 is 0 Å². The second kappa shape index (κ2) is 4.87. The molecule has 0 unspecified atom stereocenters. The van der Waals surface area contributed by atoms with Crippen LogP contribution in [0.5, 0.6) is 0 Å². The highest BCUT2D eigenvalue weighted by Crippen LogP contribution is 2.30. The van der Waals surface area contributed by atoms with Crippen LogP contribution >= 0.6 is 0 Å². The fourth-order valence-electron chi connectivity index (χ4n) is 2.97. The van der Waals surface area contributed by atoms with Gasteiger partial charge in [0.25, 0.3) is 5.91 Å². The van der Waals surface area contributed by atoms with Crippen LogP contribution in [0.2, 0.25) is 0 Å². The number of aryl methyl sites for hydroxylation is 1. The summed E-state index contributed by atoms with van der Waals surface area (Å²) in [4.78, 5) is 25.2. The van der Waals surface area contributed by atoms with E-state index in [1.54, 1.807) is 11.9 Å². The van der Waals surface area contributed by atoms with Crippen molar-refractivity contribution >= 4 is 22.8 Å². The van der Waals surface area contributed by atoms with E-state index in [9.17, 15) is 14.0 Å². The summed E-state index contributed by atoms with van der Waals surface area (Å²) < 4.78 is 15.0. The number of carboxylic acids is 1. The van der Waals surface area contributed by atoms with Gasteiger partial charge in [-0.2, -0.15) is 0 Å². The zero-order valence-corrected chi connectivity index (χ0v) is 11.6. The first-order valence-electron chi connectivity index (χ1n) is 6.77. The summed E-state index contributed by atoms with van der Waals surface area (Å²) >= 11 is 0. The Bertz CT molecular complexity index is 751. The van der Waals surface area contributed by atoms with E-state index in [1.165, 1.54) is 22.8 Å². The molecule has 0 spiro atoms. The van der Waals surface area contributed by atoms with Gasteiger partial charge < -0.3 is 14.6 Å². The van der Waals surface area contributed by atoms with Crippen LogP contribution in [0.3, 0.4) is 0 Å². The predicted molar refractivity (Wildman–Crippen MR) is 74.8 cm³/mol. The highest BCUT2D eigenvalue weighted by molar-refractivity contribution is 6.02. The third-order valence-corrected chi connectivity index (χ3v) is 3.89. The van der Waals surface area contributed by atoms with E-state index in [0.717, 1.165) is 12.0 Å². The number of amides is 1. The number of carboxylic acid groups (broad SMARTS) is 1. The predicted octanol–water partition coefficient (Wildman–Crippen LogP) is 1.88. The molecule has 2 aromatic rings. The molecular formula is C15H15FN2O3. The Labute approximate surface area is 120 Å². The minimum atomic E-state index is -1.03. The van der Waals surface area contributed by atoms with Gasteiger partial charge in [0.2, 0.25) is 0 Å². The molecule has 0 bridgehead atoms. The number of nitrogens with zero attached hydrogens (tertiary/aromatic N) is 2. The van der Waals surface area contributed by atoms with Crippen molar-refractivity contribution < 1.29 is 19.1 Å². The first-order valence-corrected chi connectivity index (χ1v) is 6.77. The van der Waals surface area contributed by atoms with Crippen LogP contribution in [-0.4, -0.2) is 40.0 Å². The number of rotatable bonds is 2. The van der Waals surface area contributed by atoms with Crippen molar-refractivity contribution in [3.8, 4) is 0 Å². The second-order valence-corrected chi connectivity index (χ2v) is 5.30. The van der Waals surface area contributed by atoms with Gasteiger partial charge in [0, 0.05) is 24.5 Å². The maximum atomic E-state index is 13.5. The molecule has 1 N–H and O–H groups in total. The van der Waals surface area contributed by atoms with Crippen LogP contribution in [-0.2, 0) is 17.8 Å². The number of carbonyl (C=O) groups is 2. The van der Waals surface area contributed by atoms with E-state index < -0.39 is 5.97 Å². The van der Waals surface area contributed by atoms with Gasteiger partial charge in [-0.1, -0.05) is 0 Å². The summed E-state index contributed by atoms with van der Waals surface area (Å²) in [6.07, 6.45) is 1.41. The van der Waals surface area contributed by atoms with Crippen LogP contribution in [0.15, 0.2) is 18.2 Å². The monoisotopic (exact) mass is 290 g/mol. The number of aromatic nitrogens is 1. The summed E-state index contributed by atoms with van der Waals surface area (Å²) in [6, 6.07) is 4.20. The SMILES string of the molecule is CN1CCCc2c(n(CC(=O)O)c3ccc(F)cc23)C1=O. The zero-order chi connectivity index (χ0) is 15.1. The molecule has 0 fully saturated rings. The van der Waals surface area contributed by atoms with Gasteiger partial charge in [-0.25, -0.2) is 4.39 Å². The van der Waals surface area contributed by atoms with Crippen molar-refractivity contribution in [3.63, 3.8) is 0 Å². The zero-order valence-electron chi connectivity index (χ0n) is 11.6. The third kappa shape index (κ3) is 2.16. The van der Waals surface area contributed by atoms with Gasteiger partial charge in [0.05, 0.1) is 0 Å². The number of benzene rings is 1. The minimum absolute atomic E-state index is 0.208. The highest BCUT2D eigenvalue weighted by atomic mass is 19.1. The van der Waals surface area contributed by atoms with E-state index in [2.05, 4.69) is 0 Å². The number of hydrogen-bond acceptors (Lipinski definition) is 2. The molecule has 0 aliphatic carbocycles. The molecular weight excluding hydrogens is 275 g/mol. The Morgan fingerprint density at radius 2 is 2.19 bits per heavy atom. The van der Waals surface area contributed by atoms with E-state index in [1.807, 2.05) is 0 Å². The van der Waals surface area contributed by atoms with Gasteiger partial charge in [0.1, 0.15) is 18.1 Å². The van der Waals surface area contributed by atoms with E-state index in [-0.39, 0.29) is 18.3 Å². The molecule has 6 heteroatoms. The third-order valence-electron chi connectivity index (χ3n) is 3.89. The summed E-state index contributed by atoms with van der Waals surface area (Å²) in [5, 5.41) is 9.74. The molecule has 1 amide bonds. The van der Waals surface area contributed by atoms with Crippen molar-refractivity contribution in [1.29, 1.82) is 0 Å². The normalized spacial score (nSPS) is 15.1. The van der Waals surface area contributed by atoms with E-state index in [0.29, 0.717) is 29.6 Å². The molecule has 21 heavy (non-hydrogen) atoms. The lowest BCUT2D eigenvalue weighted by Crippen LogP contribution is -2.29. The maximum Gasteiger partial charge on any atom is 0.323 e. The molecule has 1 aromatic carbocycles. The summed E-state index contributed by atoms with van der Waals surface area (Å²) in [5.74, 6) is -1.62. The number of halogens is 1. The first-order chi connectivity index (χ1) is 9.99. The van der Waals surface area contributed by atoms with Crippen molar-refractivity contribution in [2.45, 2.75) is 19.4 Å². The smallest absolute Gasteiger partial charge is 0.323 e. The Morgan fingerprint density at radius 1 is 1.43 bits per heavy atom. The van der Waals surface area contributed by atoms with Crippen LogP contribution in [0.4, 0.5) is 4.39 Å². The quantitative estimate of drug-likeness (QED) is 0.918. The highest BCUT2D eigenvalue weighted by Gasteiger charge is 2.28. The Balaban J connectivity index is 2.34. The van der Waals surface area contributed by atoms with Gasteiger partial charge >= 0.3 is 5.97 Å². The van der Waals surface area contributed by atoms with Gasteiger partial charge in [-0.05, 0) is 36.6 Å². The lowest BCUT2D eigenvalue weighted by Gasteiger charge is -2.15. The average Bonchev–Trinajstić information content (AvgIpc) is 2.61. The van der Waals surface area contributed by atoms with Crippen molar-refractivity contribution in [1.82, 2.24) is 9.47 Å². The molecule has 3 rings (SSSR count). The second-order valence-electron chi connectivity index (χ2n) is 5.30. The van der Waals surface area contributed by atoms with E-state index >= 15 is 0 Å². The molecule has 1 aliphatic rings. The molecule has 2 heterocycles. The topological polar surface area (TPSA) is 62.5 Å². The molecule has 0 saturated heterocycles.